The van der Waals surface area contributed by atoms with Gasteiger partial charge in [0.2, 0.25) is 0 Å². The van der Waals surface area contributed by atoms with Crippen molar-refractivity contribution in [3.63, 3.8) is 0 Å². The molecule has 4 aromatic carbocycles. The molecule has 0 aliphatic heterocycles. The molecule has 0 saturated heterocycles. The molecule has 0 bridgehead atoms. The molecule has 4 aromatic rings. The largest absolute Gasteiger partial charge is 0.376 e. The third-order valence-corrected chi connectivity index (χ3v) is 13.1. The van der Waals surface area contributed by atoms with Gasteiger partial charge in [0.15, 0.2) is 8.07 Å². The van der Waals surface area contributed by atoms with Crippen LogP contribution in [0, 0.1) is 5.92 Å². The van der Waals surface area contributed by atoms with E-state index < -0.39 is 8.07 Å². The van der Waals surface area contributed by atoms with E-state index in [1.54, 1.807) is 0 Å². The molecule has 1 saturated carbocycles. The molecule has 164 valence electrons. The zero-order chi connectivity index (χ0) is 22.6. The highest BCUT2D eigenvalue weighted by Crippen LogP contribution is 2.66. The standard InChI is InChI=1S/C31H30OSi/c1-2-31(23-27(31)25-32-24-26-15-7-3-8-16-26)33(28-17-9-4-10-18-28,29-19-11-5-12-20-29)30-21-13-6-14-22-30/h2-22,27H,1,23-25H2. The summed E-state index contributed by atoms with van der Waals surface area (Å²) in [5.74, 6) is 0.450. The average molecular weight is 447 g/mol. The third-order valence-electron chi connectivity index (χ3n) is 7.27. The zero-order valence-corrected chi connectivity index (χ0v) is 19.9. The van der Waals surface area contributed by atoms with Crippen LogP contribution in [0.1, 0.15) is 12.0 Å². The predicted octanol–water partition coefficient (Wildman–Crippen LogP) is 5.32. The van der Waals surface area contributed by atoms with E-state index in [-0.39, 0.29) is 5.04 Å². The third kappa shape index (κ3) is 3.80. The van der Waals surface area contributed by atoms with E-state index in [9.17, 15) is 0 Å². The Morgan fingerprint density at radius 3 is 1.55 bits per heavy atom. The van der Waals surface area contributed by atoms with Gasteiger partial charge >= 0.3 is 0 Å². The molecular weight excluding hydrogens is 416 g/mol. The second-order valence-corrected chi connectivity index (χ2v) is 13.2. The second kappa shape index (κ2) is 9.34. The monoisotopic (exact) mass is 446 g/mol. The van der Waals surface area contributed by atoms with Crippen molar-refractivity contribution in [3.05, 3.63) is 140 Å². The summed E-state index contributed by atoms with van der Waals surface area (Å²) in [6.07, 6.45) is 3.37. The maximum absolute atomic E-state index is 6.28. The first-order valence-corrected chi connectivity index (χ1v) is 13.7. The van der Waals surface area contributed by atoms with Gasteiger partial charge in [-0.1, -0.05) is 127 Å². The highest BCUT2D eigenvalue weighted by atomic mass is 28.3. The van der Waals surface area contributed by atoms with Gasteiger partial charge in [0.25, 0.3) is 0 Å². The molecular formula is C31H30OSi. The average Bonchev–Trinajstić information content (AvgIpc) is 3.61. The highest BCUT2D eigenvalue weighted by Gasteiger charge is 2.67. The van der Waals surface area contributed by atoms with Crippen LogP contribution in [0.15, 0.2) is 134 Å². The maximum Gasteiger partial charge on any atom is 0.158 e. The minimum absolute atomic E-state index is 0.00769. The van der Waals surface area contributed by atoms with E-state index in [1.165, 1.54) is 21.1 Å². The van der Waals surface area contributed by atoms with Crippen LogP contribution in [0.5, 0.6) is 0 Å². The fourth-order valence-corrected chi connectivity index (χ4v) is 11.9. The van der Waals surface area contributed by atoms with Crippen molar-refractivity contribution in [3.8, 4) is 0 Å². The topological polar surface area (TPSA) is 9.23 Å². The van der Waals surface area contributed by atoms with Crippen LogP contribution in [0.3, 0.4) is 0 Å². The first kappa shape index (κ1) is 21.6. The number of hydrogen-bond acceptors (Lipinski definition) is 1. The van der Waals surface area contributed by atoms with Gasteiger partial charge in [0, 0.05) is 5.04 Å². The van der Waals surface area contributed by atoms with Crippen molar-refractivity contribution in [2.24, 2.45) is 5.92 Å². The van der Waals surface area contributed by atoms with Gasteiger partial charge in [-0.25, -0.2) is 0 Å². The molecule has 1 aliphatic rings. The van der Waals surface area contributed by atoms with Gasteiger partial charge in [-0.2, -0.15) is 0 Å². The molecule has 33 heavy (non-hydrogen) atoms. The second-order valence-electron chi connectivity index (χ2n) is 8.99. The Morgan fingerprint density at radius 2 is 1.12 bits per heavy atom. The molecule has 2 heteroatoms. The Balaban J connectivity index is 1.59. The Hall–Kier alpha value is -3.20. The molecule has 0 N–H and O–H groups in total. The summed E-state index contributed by atoms with van der Waals surface area (Å²) in [5, 5.41) is 4.32. The molecule has 0 spiro atoms. The van der Waals surface area contributed by atoms with Gasteiger partial charge in [-0.15, -0.1) is 6.58 Å². The fraction of sp³-hybridized carbons (Fsp3) is 0.161. The summed E-state index contributed by atoms with van der Waals surface area (Å²) in [6, 6.07) is 43.9. The normalized spacial score (nSPS) is 19.7. The van der Waals surface area contributed by atoms with Gasteiger partial charge < -0.3 is 4.74 Å². The van der Waals surface area contributed by atoms with Gasteiger partial charge in [-0.05, 0) is 33.5 Å². The Morgan fingerprint density at radius 1 is 0.697 bits per heavy atom. The molecule has 0 aromatic heterocycles. The minimum atomic E-state index is -2.43. The first-order chi connectivity index (χ1) is 16.3. The summed E-state index contributed by atoms with van der Waals surface area (Å²) in [7, 11) is -2.43. The van der Waals surface area contributed by atoms with Crippen LogP contribution in [0.25, 0.3) is 0 Å². The number of rotatable bonds is 9. The molecule has 2 atom stereocenters. The smallest absolute Gasteiger partial charge is 0.158 e. The van der Waals surface area contributed by atoms with Crippen molar-refractivity contribution >= 4 is 23.6 Å². The first-order valence-electron chi connectivity index (χ1n) is 11.7. The number of ether oxygens (including phenoxy) is 1. The van der Waals surface area contributed by atoms with E-state index >= 15 is 0 Å². The van der Waals surface area contributed by atoms with Crippen LogP contribution in [0.4, 0.5) is 0 Å². The van der Waals surface area contributed by atoms with Gasteiger partial charge in [0.05, 0.1) is 13.2 Å². The minimum Gasteiger partial charge on any atom is -0.376 e. The van der Waals surface area contributed by atoms with Gasteiger partial charge in [0.1, 0.15) is 0 Å². The van der Waals surface area contributed by atoms with Gasteiger partial charge in [-0.3, -0.25) is 0 Å². The highest BCUT2D eigenvalue weighted by molar-refractivity contribution is 7.14. The summed E-state index contributed by atoms with van der Waals surface area (Å²) in [4.78, 5) is 0. The van der Waals surface area contributed by atoms with Crippen LogP contribution in [-0.4, -0.2) is 14.7 Å². The van der Waals surface area contributed by atoms with E-state index in [4.69, 9.17) is 4.74 Å². The van der Waals surface area contributed by atoms with Crippen LogP contribution in [0.2, 0.25) is 5.04 Å². The summed E-state index contributed by atoms with van der Waals surface area (Å²) < 4.78 is 6.28. The Bertz CT molecular complexity index is 1080. The van der Waals surface area contributed by atoms with Crippen LogP contribution >= 0.6 is 0 Å². The summed E-state index contributed by atoms with van der Waals surface area (Å²) >= 11 is 0. The summed E-state index contributed by atoms with van der Waals surface area (Å²) in [6.45, 7) is 5.84. The van der Waals surface area contributed by atoms with Crippen molar-refractivity contribution in [1.82, 2.24) is 0 Å². The summed E-state index contributed by atoms with van der Waals surface area (Å²) in [5.41, 5.74) is 1.22. The van der Waals surface area contributed by atoms with Crippen molar-refractivity contribution in [1.29, 1.82) is 0 Å². The van der Waals surface area contributed by atoms with Crippen molar-refractivity contribution < 1.29 is 4.74 Å². The van der Waals surface area contributed by atoms with E-state index in [1.807, 2.05) is 6.07 Å². The van der Waals surface area contributed by atoms with Crippen molar-refractivity contribution in [2.45, 2.75) is 18.1 Å². The lowest BCUT2D eigenvalue weighted by molar-refractivity contribution is 0.109. The van der Waals surface area contributed by atoms with Crippen molar-refractivity contribution in [2.75, 3.05) is 6.61 Å². The maximum atomic E-state index is 6.28. The molecule has 1 fully saturated rings. The lowest BCUT2D eigenvalue weighted by Gasteiger charge is -2.41. The molecule has 0 heterocycles. The predicted molar refractivity (Wildman–Crippen MR) is 141 cm³/mol. The molecule has 5 rings (SSSR count). The molecule has 0 amide bonds. The zero-order valence-electron chi connectivity index (χ0n) is 18.9. The molecule has 1 nitrogen and oxygen atoms in total. The fourth-order valence-electron chi connectivity index (χ4n) is 5.68. The Labute approximate surface area is 198 Å². The number of benzene rings is 4. The van der Waals surface area contributed by atoms with E-state index in [0.29, 0.717) is 12.5 Å². The van der Waals surface area contributed by atoms with E-state index in [2.05, 4.69) is 128 Å². The molecule has 2 unspecified atom stereocenters. The molecule has 1 aliphatic carbocycles. The number of allylic oxidation sites excluding steroid dienone is 1. The quantitative estimate of drug-likeness (QED) is 0.192. The van der Waals surface area contributed by atoms with Crippen LogP contribution in [-0.2, 0) is 11.3 Å². The van der Waals surface area contributed by atoms with Crippen LogP contribution < -0.4 is 15.6 Å². The SMILES string of the molecule is C=CC1([Si](c2ccccc2)(c2ccccc2)c2ccccc2)CC1COCc1ccccc1. The lowest BCUT2D eigenvalue weighted by atomic mass is 10.2. The molecule has 0 radical (unpaired) electrons. The lowest BCUT2D eigenvalue weighted by Crippen LogP contribution is -2.71. The number of hydrogen-bond donors (Lipinski definition) is 0. The Kier molecular flexibility index (Phi) is 6.13. The van der Waals surface area contributed by atoms with E-state index in [0.717, 1.165) is 13.0 Å².